The molecule has 4 aromatic rings. The minimum atomic E-state index is -0.232. The first-order valence-electron chi connectivity index (χ1n) is 10.5. The number of likely N-dealkylation sites (tertiary alicyclic amines) is 1. The molecule has 32 heavy (non-hydrogen) atoms. The van der Waals surface area contributed by atoms with Crippen LogP contribution in [0, 0.1) is 0 Å². The van der Waals surface area contributed by atoms with Gasteiger partial charge in [-0.15, -0.1) is 11.3 Å². The Bertz CT molecular complexity index is 1490. The third-order valence-corrected chi connectivity index (χ3v) is 7.33. The van der Waals surface area contributed by atoms with Gasteiger partial charge < -0.3 is 10.3 Å². The molecule has 2 N–H and O–H groups in total. The maximum Gasteiger partial charge on any atom is 0.261 e. The molecule has 1 saturated heterocycles. The molecule has 0 bridgehead atoms. The number of anilines is 1. The molecule has 1 aliphatic heterocycles. The molecule has 1 aliphatic rings. The van der Waals surface area contributed by atoms with Crippen LogP contribution in [0.2, 0.25) is 0 Å². The Morgan fingerprint density at radius 1 is 1.41 bits per heavy atom. The Morgan fingerprint density at radius 2 is 2.22 bits per heavy atom. The molecule has 0 spiro atoms. The Hall–Kier alpha value is -3.30. The summed E-state index contributed by atoms with van der Waals surface area (Å²) in [5, 5.41) is 8.03. The van der Waals surface area contributed by atoms with Crippen molar-refractivity contribution in [2.75, 3.05) is 18.4 Å². The lowest BCUT2D eigenvalue weighted by molar-refractivity contribution is -0.121. The van der Waals surface area contributed by atoms with E-state index in [1.807, 2.05) is 19.2 Å². The quantitative estimate of drug-likeness (QED) is 0.453. The summed E-state index contributed by atoms with van der Waals surface area (Å²) in [6.45, 7) is 11.3. The van der Waals surface area contributed by atoms with Gasteiger partial charge in [0.25, 0.3) is 5.56 Å². The van der Waals surface area contributed by atoms with E-state index in [-0.39, 0.29) is 17.0 Å². The van der Waals surface area contributed by atoms with Crippen LogP contribution in [-0.2, 0) is 4.79 Å². The van der Waals surface area contributed by atoms with E-state index >= 15 is 0 Å². The molecule has 4 aromatic heterocycles. The van der Waals surface area contributed by atoms with Crippen LogP contribution in [0.4, 0.5) is 5.69 Å². The minimum absolute atomic E-state index is 0.0585. The van der Waals surface area contributed by atoms with Crippen LogP contribution in [0.1, 0.15) is 32.1 Å². The highest BCUT2D eigenvalue weighted by atomic mass is 32.1. The number of aromatic amines is 1. The molecule has 5 rings (SSSR count). The standard InChI is InChI=1S/C23H24N6O2S/c1-5-13(6-2)16-11-29-22(32-16)18-20(27-29)19-15(26-21(18)31)9-14(10-24-19)25-17(30)12-28-8-7-23(28,3)4/h5-6,9-11H,1,7-8,12H2,2-4H3,(H,25,30)(H,26,31)/b13-6+. The molecule has 0 atom stereocenters. The lowest BCUT2D eigenvalue weighted by atomic mass is 9.89. The van der Waals surface area contributed by atoms with Crippen LogP contribution in [0.25, 0.3) is 32.3 Å². The fraction of sp³-hybridized carbons (Fsp3) is 0.304. The van der Waals surface area contributed by atoms with E-state index in [1.54, 1.807) is 22.9 Å². The predicted molar refractivity (Wildman–Crippen MR) is 129 cm³/mol. The number of amides is 1. The monoisotopic (exact) mass is 448 g/mol. The van der Waals surface area contributed by atoms with Crippen molar-refractivity contribution in [1.29, 1.82) is 0 Å². The highest BCUT2D eigenvalue weighted by Crippen LogP contribution is 2.32. The van der Waals surface area contributed by atoms with Crippen molar-refractivity contribution in [3.8, 4) is 0 Å². The fourth-order valence-corrected chi connectivity index (χ4v) is 5.25. The first kappa shape index (κ1) is 20.6. The van der Waals surface area contributed by atoms with Gasteiger partial charge >= 0.3 is 0 Å². The number of aromatic nitrogens is 4. The van der Waals surface area contributed by atoms with Gasteiger partial charge in [-0.1, -0.05) is 18.7 Å². The number of pyridine rings is 2. The highest BCUT2D eigenvalue weighted by molar-refractivity contribution is 7.19. The lowest BCUT2D eigenvalue weighted by Gasteiger charge is -2.48. The molecular formula is C23H24N6O2S. The minimum Gasteiger partial charge on any atom is -0.324 e. The summed E-state index contributed by atoms with van der Waals surface area (Å²) in [6.07, 6.45) is 8.35. The van der Waals surface area contributed by atoms with Crippen molar-refractivity contribution < 1.29 is 4.79 Å². The molecule has 1 fully saturated rings. The Morgan fingerprint density at radius 3 is 2.88 bits per heavy atom. The van der Waals surface area contributed by atoms with Crippen LogP contribution >= 0.6 is 11.3 Å². The SMILES string of the molecule is C=C/C(=C\C)c1cn2nc3c4ncc(NC(=O)CN5CCC5(C)C)cc4[nH]c(=O)c3c2s1. The number of rotatable bonds is 5. The second kappa shape index (κ2) is 7.39. The van der Waals surface area contributed by atoms with Crippen LogP contribution < -0.4 is 10.9 Å². The second-order valence-electron chi connectivity index (χ2n) is 8.62. The molecule has 5 heterocycles. The Labute approximate surface area is 188 Å². The van der Waals surface area contributed by atoms with Gasteiger partial charge in [-0.2, -0.15) is 5.10 Å². The van der Waals surface area contributed by atoms with Gasteiger partial charge in [0, 0.05) is 18.3 Å². The van der Waals surface area contributed by atoms with E-state index in [0.29, 0.717) is 34.2 Å². The molecule has 0 unspecified atom stereocenters. The molecule has 164 valence electrons. The average Bonchev–Trinajstić information content (AvgIpc) is 3.30. The molecule has 8 nitrogen and oxygen atoms in total. The predicted octanol–water partition coefficient (Wildman–Crippen LogP) is 3.80. The van der Waals surface area contributed by atoms with E-state index in [2.05, 4.69) is 45.7 Å². The summed E-state index contributed by atoms with van der Waals surface area (Å²) >= 11 is 1.49. The van der Waals surface area contributed by atoms with E-state index < -0.39 is 0 Å². The van der Waals surface area contributed by atoms with Gasteiger partial charge in [0.1, 0.15) is 21.3 Å². The van der Waals surface area contributed by atoms with E-state index in [9.17, 15) is 9.59 Å². The van der Waals surface area contributed by atoms with E-state index in [1.165, 1.54) is 11.3 Å². The Kier molecular flexibility index (Phi) is 4.75. The number of hydrogen-bond acceptors (Lipinski definition) is 6. The number of thiazole rings is 1. The number of allylic oxidation sites excluding steroid dienone is 3. The molecule has 0 radical (unpaired) electrons. The number of nitrogens with zero attached hydrogens (tertiary/aromatic N) is 4. The van der Waals surface area contributed by atoms with Crippen molar-refractivity contribution in [2.24, 2.45) is 0 Å². The topological polar surface area (TPSA) is 95.4 Å². The molecule has 0 aromatic carbocycles. The van der Waals surface area contributed by atoms with E-state index in [4.69, 9.17) is 0 Å². The van der Waals surface area contributed by atoms with Gasteiger partial charge in [-0.25, -0.2) is 4.52 Å². The summed E-state index contributed by atoms with van der Waals surface area (Å²) in [4.78, 5) is 36.7. The largest absolute Gasteiger partial charge is 0.324 e. The van der Waals surface area contributed by atoms with Crippen molar-refractivity contribution >= 4 is 55.3 Å². The van der Waals surface area contributed by atoms with Gasteiger partial charge in [-0.05, 0) is 38.8 Å². The summed E-state index contributed by atoms with van der Waals surface area (Å²) in [5.41, 5.74) is 3.04. The van der Waals surface area contributed by atoms with Crippen molar-refractivity contribution in [2.45, 2.75) is 32.7 Å². The average molecular weight is 449 g/mol. The van der Waals surface area contributed by atoms with Gasteiger partial charge in [0.15, 0.2) is 0 Å². The van der Waals surface area contributed by atoms with E-state index in [0.717, 1.165) is 28.2 Å². The van der Waals surface area contributed by atoms with Gasteiger partial charge in [0.05, 0.1) is 28.8 Å². The first-order valence-corrected chi connectivity index (χ1v) is 11.3. The summed E-state index contributed by atoms with van der Waals surface area (Å²) in [5.74, 6) is -0.0978. The second-order valence-corrected chi connectivity index (χ2v) is 9.65. The van der Waals surface area contributed by atoms with Crippen LogP contribution in [0.3, 0.4) is 0 Å². The number of hydrogen-bond donors (Lipinski definition) is 2. The zero-order valence-corrected chi connectivity index (χ0v) is 19.0. The zero-order valence-electron chi connectivity index (χ0n) is 18.2. The number of carbonyl (C=O) groups is 1. The summed E-state index contributed by atoms with van der Waals surface area (Å²) in [6, 6.07) is 1.73. The maximum atomic E-state index is 12.9. The normalized spacial score (nSPS) is 16.5. The first-order chi connectivity index (χ1) is 15.3. The number of nitrogens with one attached hydrogen (secondary N) is 2. The molecule has 9 heteroatoms. The third-order valence-electron chi connectivity index (χ3n) is 6.18. The third kappa shape index (κ3) is 3.25. The highest BCUT2D eigenvalue weighted by Gasteiger charge is 2.36. The number of carbonyl (C=O) groups excluding carboxylic acids is 1. The van der Waals surface area contributed by atoms with Crippen molar-refractivity contribution in [3.63, 3.8) is 0 Å². The van der Waals surface area contributed by atoms with Crippen LogP contribution in [0.15, 0.2) is 42.0 Å². The molecule has 0 aliphatic carbocycles. The van der Waals surface area contributed by atoms with Crippen LogP contribution in [0.5, 0.6) is 0 Å². The molecule has 0 saturated carbocycles. The van der Waals surface area contributed by atoms with Crippen molar-refractivity contribution in [3.05, 3.63) is 52.4 Å². The Balaban J connectivity index is 1.50. The smallest absolute Gasteiger partial charge is 0.261 e. The van der Waals surface area contributed by atoms with Crippen molar-refractivity contribution in [1.82, 2.24) is 24.5 Å². The number of fused-ring (bicyclic) bond motifs is 5. The lowest BCUT2D eigenvalue weighted by Crippen LogP contribution is -2.57. The molecule has 1 amide bonds. The van der Waals surface area contributed by atoms with Crippen LogP contribution in [-0.4, -0.2) is 49.0 Å². The molecular weight excluding hydrogens is 424 g/mol. The van der Waals surface area contributed by atoms with Gasteiger partial charge in [0.2, 0.25) is 5.91 Å². The van der Waals surface area contributed by atoms with Gasteiger partial charge in [-0.3, -0.25) is 19.5 Å². The zero-order chi connectivity index (χ0) is 22.6. The number of H-pyrrole nitrogens is 1. The summed E-state index contributed by atoms with van der Waals surface area (Å²) < 4.78 is 1.72. The fourth-order valence-electron chi connectivity index (χ4n) is 4.10. The maximum absolute atomic E-state index is 12.9. The summed E-state index contributed by atoms with van der Waals surface area (Å²) in [7, 11) is 0.